The Balaban J connectivity index is 2.21. The molecule has 2 aromatic rings. The van der Waals surface area contributed by atoms with Crippen LogP contribution < -0.4 is 5.32 Å². The Morgan fingerprint density at radius 2 is 1.35 bits per heavy atom. The first kappa shape index (κ1) is 17.3. The lowest BCUT2D eigenvalue weighted by Crippen LogP contribution is -2.45. The highest BCUT2D eigenvalue weighted by atomic mass is 16.1. The molecule has 0 fully saturated rings. The van der Waals surface area contributed by atoms with Crippen LogP contribution in [0.3, 0.4) is 0 Å². The zero-order valence-corrected chi connectivity index (χ0v) is 14.4. The number of amides is 1. The Hall–Kier alpha value is -2.09. The largest absolute Gasteiger partial charge is 0.351 e. The summed E-state index contributed by atoms with van der Waals surface area (Å²) in [4.78, 5) is 12.6. The van der Waals surface area contributed by atoms with Crippen LogP contribution in [-0.2, 0) is 4.79 Å². The molecule has 0 heterocycles. The van der Waals surface area contributed by atoms with Crippen molar-refractivity contribution in [3.8, 4) is 0 Å². The van der Waals surface area contributed by atoms with Gasteiger partial charge in [0, 0.05) is 17.9 Å². The minimum atomic E-state index is -0.116. The van der Waals surface area contributed by atoms with E-state index in [1.165, 1.54) is 11.1 Å². The third-order valence-corrected chi connectivity index (χ3v) is 4.80. The van der Waals surface area contributed by atoms with Crippen LogP contribution in [0.25, 0.3) is 0 Å². The third-order valence-electron chi connectivity index (χ3n) is 4.80. The highest BCUT2D eigenvalue weighted by molar-refractivity contribution is 5.78. The molecule has 122 valence electrons. The van der Waals surface area contributed by atoms with Gasteiger partial charge in [-0.05, 0) is 30.9 Å². The van der Waals surface area contributed by atoms with Crippen LogP contribution in [0, 0.1) is 0 Å². The average molecular weight is 309 g/mol. The smallest absolute Gasteiger partial charge is 0.221 e. The van der Waals surface area contributed by atoms with Crippen molar-refractivity contribution in [3.63, 3.8) is 0 Å². The number of hydrogen-bond donors (Lipinski definition) is 1. The molecule has 2 nitrogen and oxygen atoms in total. The summed E-state index contributed by atoms with van der Waals surface area (Å²) in [5.74, 6) is 0.212. The first-order chi connectivity index (χ1) is 11.1. The van der Waals surface area contributed by atoms with Gasteiger partial charge in [0.15, 0.2) is 0 Å². The zero-order chi connectivity index (χ0) is 16.7. The van der Waals surface area contributed by atoms with E-state index in [0.29, 0.717) is 6.42 Å². The normalized spacial score (nSPS) is 11.5. The molecular weight excluding hydrogens is 282 g/mol. The van der Waals surface area contributed by atoms with Crippen molar-refractivity contribution in [2.24, 2.45) is 0 Å². The van der Waals surface area contributed by atoms with Crippen molar-refractivity contribution in [3.05, 3.63) is 71.8 Å². The van der Waals surface area contributed by atoms with Crippen LogP contribution in [0.15, 0.2) is 60.7 Å². The predicted molar refractivity (Wildman–Crippen MR) is 96.5 cm³/mol. The summed E-state index contributed by atoms with van der Waals surface area (Å²) < 4.78 is 0. The number of hydrogen-bond acceptors (Lipinski definition) is 1. The summed E-state index contributed by atoms with van der Waals surface area (Å²) in [7, 11) is 0. The Morgan fingerprint density at radius 1 is 0.913 bits per heavy atom. The van der Waals surface area contributed by atoms with Gasteiger partial charge in [0.1, 0.15) is 0 Å². The molecule has 23 heavy (non-hydrogen) atoms. The van der Waals surface area contributed by atoms with Crippen LogP contribution in [0.5, 0.6) is 0 Å². The second kappa shape index (κ2) is 7.96. The fraction of sp³-hybridized carbons (Fsp3) is 0.381. The zero-order valence-electron chi connectivity index (χ0n) is 14.4. The Bertz CT molecular complexity index is 563. The van der Waals surface area contributed by atoms with E-state index in [9.17, 15) is 4.79 Å². The fourth-order valence-electron chi connectivity index (χ4n) is 2.80. The van der Waals surface area contributed by atoms with Crippen molar-refractivity contribution >= 4 is 5.91 Å². The van der Waals surface area contributed by atoms with Crippen LogP contribution in [0.4, 0.5) is 0 Å². The van der Waals surface area contributed by atoms with E-state index in [4.69, 9.17) is 0 Å². The molecule has 2 heteroatoms. The second-order valence-electron chi connectivity index (χ2n) is 6.39. The van der Waals surface area contributed by atoms with E-state index in [1.54, 1.807) is 0 Å². The number of carbonyl (C=O) groups is 1. The summed E-state index contributed by atoms with van der Waals surface area (Å²) in [5, 5.41) is 3.22. The molecule has 0 unspecified atom stereocenters. The van der Waals surface area contributed by atoms with Gasteiger partial charge >= 0.3 is 0 Å². The molecule has 1 amide bonds. The maximum absolute atomic E-state index is 12.6. The maximum atomic E-state index is 12.6. The van der Waals surface area contributed by atoms with Gasteiger partial charge in [-0.25, -0.2) is 0 Å². The first-order valence-corrected chi connectivity index (χ1v) is 8.49. The third kappa shape index (κ3) is 4.69. The van der Waals surface area contributed by atoms with Crippen molar-refractivity contribution in [2.75, 3.05) is 0 Å². The second-order valence-corrected chi connectivity index (χ2v) is 6.39. The number of nitrogens with one attached hydrogen (secondary N) is 1. The molecule has 0 saturated carbocycles. The molecule has 0 spiro atoms. The summed E-state index contributed by atoms with van der Waals surface area (Å²) >= 11 is 0. The van der Waals surface area contributed by atoms with E-state index < -0.39 is 0 Å². The minimum absolute atomic E-state index is 0.0929. The molecule has 2 aromatic carbocycles. The van der Waals surface area contributed by atoms with E-state index in [0.717, 1.165) is 12.8 Å². The van der Waals surface area contributed by atoms with Crippen LogP contribution in [0.2, 0.25) is 0 Å². The highest BCUT2D eigenvalue weighted by Gasteiger charge is 2.24. The lowest BCUT2D eigenvalue weighted by molar-refractivity contribution is -0.123. The van der Waals surface area contributed by atoms with Crippen molar-refractivity contribution in [1.82, 2.24) is 5.32 Å². The van der Waals surface area contributed by atoms with Crippen LogP contribution >= 0.6 is 0 Å². The van der Waals surface area contributed by atoms with E-state index in [1.807, 2.05) is 36.4 Å². The molecule has 0 aromatic heterocycles. The maximum Gasteiger partial charge on any atom is 0.221 e. The number of benzene rings is 2. The molecule has 0 bridgehead atoms. The molecular formula is C21H27NO. The monoisotopic (exact) mass is 309 g/mol. The SMILES string of the molecule is CCC(C)(CC)NC(=O)CC(c1ccccc1)c1ccccc1. The highest BCUT2D eigenvalue weighted by Crippen LogP contribution is 2.28. The van der Waals surface area contributed by atoms with Gasteiger partial charge in [-0.3, -0.25) is 4.79 Å². The van der Waals surface area contributed by atoms with Crippen LogP contribution in [-0.4, -0.2) is 11.4 Å². The van der Waals surface area contributed by atoms with Gasteiger partial charge in [-0.15, -0.1) is 0 Å². The Kier molecular flexibility index (Phi) is 5.97. The molecule has 0 aliphatic carbocycles. The fourth-order valence-corrected chi connectivity index (χ4v) is 2.80. The summed E-state index contributed by atoms with van der Waals surface area (Å²) in [6.07, 6.45) is 2.36. The molecule has 2 rings (SSSR count). The van der Waals surface area contributed by atoms with E-state index in [-0.39, 0.29) is 17.4 Å². The minimum Gasteiger partial charge on any atom is -0.351 e. The van der Waals surface area contributed by atoms with Crippen molar-refractivity contribution < 1.29 is 4.79 Å². The number of rotatable bonds is 7. The average Bonchev–Trinajstić information content (AvgIpc) is 2.61. The topological polar surface area (TPSA) is 29.1 Å². The summed E-state index contributed by atoms with van der Waals surface area (Å²) in [5.41, 5.74) is 2.25. The Morgan fingerprint density at radius 3 is 1.74 bits per heavy atom. The molecule has 0 saturated heterocycles. The molecule has 0 radical (unpaired) electrons. The van der Waals surface area contributed by atoms with Crippen molar-refractivity contribution in [1.29, 1.82) is 0 Å². The molecule has 0 aliphatic heterocycles. The lowest BCUT2D eigenvalue weighted by atomic mass is 9.87. The van der Waals surface area contributed by atoms with Crippen LogP contribution in [0.1, 0.15) is 57.1 Å². The van der Waals surface area contributed by atoms with Crippen molar-refractivity contribution in [2.45, 2.75) is 51.5 Å². The molecule has 1 N–H and O–H groups in total. The van der Waals surface area contributed by atoms with Gasteiger partial charge in [0.25, 0.3) is 0 Å². The van der Waals surface area contributed by atoms with Gasteiger partial charge in [0.05, 0.1) is 0 Å². The van der Waals surface area contributed by atoms with E-state index >= 15 is 0 Å². The number of carbonyl (C=O) groups excluding carboxylic acids is 1. The summed E-state index contributed by atoms with van der Waals surface area (Å²) in [6, 6.07) is 20.6. The predicted octanol–water partition coefficient (Wildman–Crippen LogP) is 4.90. The van der Waals surface area contributed by atoms with Gasteiger partial charge in [-0.2, -0.15) is 0 Å². The molecule has 0 atom stereocenters. The standard InChI is InChI=1S/C21H27NO/c1-4-21(3,5-2)22-20(23)16-19(17-12-8-6-9-13-17)18-14-10-7-11-15-18/h6-15,19H,4-5,16H2,1-3H3,(H,22,23). The van der Waals surface area contributed by atoms with Gasteiger partial charge < -0.3 is 5.32 Å². The van der Waals surface area contributed by atoms with Gasteiger partial charge in [0.2, 0.25) is 5.91 Å². The van der Waals surface area contributed by atoms with Gasteiger partial charge in [-0.1, -0.05) is 74.5 Å². The molecule has 0 aliphatic rings. The van der Waals surface area contributed by atoms with E-state index in [2.05, 4.69) is 50.4 Å². The first-order valence-electron chi connectivity index (χ1n) is 8.49. The Labute approximate surface area is 139 Å². The quantitative estimate of drug-likeness (QED) is 0.774. The summed E-state index contributed by atoms with van der Waals surface area (Å²) in [6.45, 7) is 6.36. The lowest BCUT2D eigenvalue weighted by Gasteiger charge is -2.29.